The Hall–Kier alpha value is -2.63. The minimum Gasteiger partial charge on any atom is -0.508 e. The predicted molar refractivity (Wildman–Crippen MR) is 147 cm³/mol. The molecular formula is C31H43N3O2. The molecule has 0 spiro atoms. The zero-order chi connectivity index (χ0) is 25.5. The summed E-state index contributed by atoms with van der Waals surface area (Å²) in [4.78, 5) is 18.0. The minimum atomic E-state index is 0.0132. The average molecular weight is 490 g/mol. The Kier molecular flexibility index (Phi) is 9.22. The van der Waals surface area contributed by atoms with Crippen molar-refractivity contribution in [3.05, 3.63) is 77.9 Å². The molecule has 36 heavy (non-hydrogen) atoms. The van der Waals surface area contributed by atoms with E-state index in [1.54, 1.807) is 6.07 Å². The minimum absolute atomic E-state index is 0.0132. The number of nitrogens with one attached hydrogen (secondary N) is 1. The molecule has 4 rings (SSSR count). The highest BCUT2D eigenvalue weighted by Gasteiger charge is 2.33. The summed E-state index contributed by atoms with van der Waals surface area (Å²) in [5.41, 5.74) is 2.95. The van der Waals surface area contributed by atoms with Crippen molar-refractivity contribution in [3.63, 3.8) is 0 Å². The fourth-order valence-corrected chi connectivity index (χ4v) is 6.19. The van der Waals surface area contributed by atoms with Crippen LogP contribution < -0.4 is 5.32 Å². The van der Waals surface area contributed by atoms with Gasteiger partial charge in [-0.1, -0.05) is 57.0 Å². The van der Waals surface area contributed by atoms with Crippen LogP contribution in [0.3, 0.4) is 0 Å². The molecule has 194 valence electrons. The van der Waals surface area contributed by atoms with E-state index in [1.807, 2.05) is 30.3 Å². The molecule has 0 radical (unpaired) electrons. The van der Waals surface area contributed by atoms with Crippen LogP contribution in [0.15, 0.2) is 61.2 Å². The van der Waals surface area contributed by atoms with Gasteiger partial charge in [-0.05, 0) is 67.5 Å². The van der Waals surface area contributed by atoms with Crippen LogP contribution in [-0.4, -0.2) is 58.6 Å². The summed E-state index contributed by atoms with van der Waals surface area (Å²) in [7, 11) is 0. The van der Waals surface area contributed by atoms with Gasteiger partial charge in [0.25, 0.3) is 5.91 Å². The maximum atomic E-state index is 12.8. The Morgan fingerprint density at radius 3 is 2.42 bits per heavy atom. The zero-order valence-corrected chi connectivity index (χ0v) is 22.0. The summed E-state index contributed by atoms with van der Waals surface area (Å²) in [6.07, 6.45) is 9.90. The van der Waals surface area contributed by atoms with Gasteiger partial charge in [0.15, 0.2) is 0 Å². The monoisotopic (exact) mass is 489 g/mol. The van der Waals surface area contributed by atoms with Crippen molar-refractivity contribution in [2.24, 2.45) is 0 Å². The first-order chi connectivity index (χ1) is 17.5. The zero-order valence-electron chi connectivity index (χ0n) is 22.0. The Labute approximate surface area is 217 Å². The van der Waals surface area contributed by atoms with Crippen molar-refractivity contribution in [3.8, 4) is 5.75 Å². The molecule has 3 unspecified atom stereocenters. The lowest BCUT2D eigenvalue weighted by Crippen LogP contribution is -2.45. The van der Waals surface area contributed by atoms with Crippen LogP contribution in [0.5, 0.6) is 5.75 Å². The second kappa shape index (κ2) is 12.6. The molecule has 1 heterocycles. The molecule has 5 nitrogen and oxygen atoms in total. The molecule has 2 N–H and O–H groups in total. The number of hydrogen-bond acceptors (Lipinski definition) is 4. The third kappa shape index (κ3) is 6.19. The van der Waals surface area contributed by atoms with Gasteiger partial charge in [0.1, 0.15) is 5.75 Å². The first-order valence-electron chi connectivity index (χ1n) is 13.8. The Morgan fingerprint density at radius 2 is 1.78 bits per heavy atom. The van der Waals surface area contributed by atoms with Crippen LogP contribution in [0.25, 0.3) is 0 Å². The van der Waals surface area contributed by atoms with Gasteiger partial charge in [0.05, 0.1) is 6.04 Å². The molecular weight excluding hydrogens is 446 g/mol. The van der Waals surface area contributed by atoms with Crippen LogP contribution in [0, 0.1) is 0 Å². The summed E-state index contributed by atoms with van der Waals surface area (Å²) < 4.78 is 0. The van der Waals surface area contributed by atoms with E-state index in [2.05, 4.69) is 53.7 Å². The van der Waals surface area contributed by atoms with Crippen LogP contribution in [0.4, 0.5) is 0 Å². The normalized spacial score (nSPS) is 22.7. The Morgan fingerprint density at radius 1 is 1.06 bits per heavy atom. The van der Waals surface area contributed by atoms with E-state index in [9.17, 15) is 9.90 Å². The van der Waals surface area contributed by atoms with Crippen LogP contribution in [0.2, 0.25) is 0 Å². The number of amides is 1. The van der Waals surface area contributed by atoms with Gasteiger partial charge < -0.3 is 10.4 Å². The van der Waals surface area contributed by atoms with Crippen LogP contribution >= 0.6 is 0 Å². The number of carbonyl (C=O) groups excluding carboxylic acids is 1. The first kappa shape index (κ1) is 26.4. The molecule has 2 aliphatic rings. The van der Waals surface area contributed by atoms with Gasteiger partial charge in [-0.15, -0.1) is 6.58 Å². The SMILES string of the molecule is C=CCN1C(CC)CCN(C(c2ccc(C(=O)NC3CCCC3)cc2)c2cccc(O)c2)CC1CC. The molecule has 1 amide bonds. The third-order valence-corrected chi connectivity index (χ3v) is 8.15. The lowest BCUT2D eigenvalue weighted by atomic mass is 9.95. The second-order valence-corrected chi connectivity index (χ2v) is 10.5. The molecule has 5 heteroatoms. The molecule has 2 aromatic carbocycles. The second-order valence-electron chi connectivity index (χ2n) is 10.5. The predicted octanol–water partition coefficient (Wildman–Crippen LogP) is 5.90. The van der Waals surface area contributed by atoms with Gasteiger partial charge in [-0.25, -0.2) is 0 Å². The summed E-state index contributed by atoms with van der Waals surface area (Å²) >= 11 is 0. The smallest absolute Gasteiger partial charge is 0.251 e. The van der Waals surface area contributed by atoms with Gasteiger partial charge in [0.2, 0.25) is 0 Å². The lowest BCUT2D eigenvalue weighted by molar-refractivity contribution is 0.0938. The highest BCUT2D eigenvalue weighted by Crippen LogP contribution is 2.34. The number of carbonyl (C=O) groups is 1. The Balaban J connectivity index is 1.63. The maximum absolute atomic E-state index is 12.8. The number of phenolic OH excluding ortho intramolecular Hbond substituents is 1. The fourth-order valence-electron chi connectivity index (χ4n) is 6.19. The Bertz CT molecular complexity index is 999. The third-order valence-electron chi connectivity index (χ3n) is 8.15. The molecule has 1 saturated heterocycles. The van der Waals surface area contributed by atoms with Crippen molar-refractivity contribution in [1.82, 2.24) is 15.1 Å². The van der Waals surface area contributed by atoms with E-state index in [0.717, 1.165) is 62.9 Å². The molecule has 1 aliphatic carbocycles. The lowest BCUT2D eigenvalue weighted by Gasteiger charge is -2.37. The summed E-state index contributed by atoms with van der Waals surface area (Å²) in [5, 5.41) is 13.5. The molecule has 2 aromatic rings. The molecule has 1 saturated carbocycles. The van der Waals surface area contributed by atoms with Crippen molar-refractivity contribution >= 4 is 5.91 Å². The van der Waals surface area contributed by atoms with Crippen molar-refractivity contribution in [2.75, 3.05) is 19.6 Å². The molecule has 3 atom stereocenters. The summed E-state index contributed by atoms with van der Waals surface area (Å²) in [6, 6.07) is 17.1. The number of benzene rings is 2. The number of rotatable bonds is 9. The van der Waals surface area contributed by atoms with E-state index < -0.39 is 0 Å². The molecule has 2 fully saturated rings. The average Bonchev–Trinajstić information content (AvgIpc) is 3.33. The molecule has 1 aliphatic heterocycles. The van der Waals surface area contributed by atoms with E-state index in [0.29, 0.717) is 23.7 Å². The van der Waals surface area contributed by atoms with Crippen molar-refractivity contribution in [2.45, 2.75) is 83.0 Å². The maximum Gasteiger partial charge on any atom is 0.251 e. The van der Waals surface area contributed by atoms with E-state index in [1.165, 1.54) is 12.8 Å². The van der Waals surface area contributed by atoms with Gasteiger partial charge >= 0.3 is 0 Å². The number of aromatic hydroxyl groups is 1. The summed E-state index contributed by atoms with van der Waals surface area (Å²) in [6.45, 7) is 11.4. The highest BCUT2D eigenvalue weighted by atomic mass is 16.3. The fraction of sp³-hybridized carbons (Fsp3) is 0.516. The standard InChI is InChI=1S/C31H43N3O2/c1-4-19-34-27(5-2)18-20-33(22-28(34)6-3)30(25-10-9-13-29(35)21-25)23-14-16-24(17-15-23)31(36)32-26-11-7-8-12-26/h4,9-10,13-17,21,26-28,30,35H,1,5-8,11-12,18-20,22H2,2-3H3,(H,32,36). The molecule has 0 bridgehead atoms. The molecule has 0 aromatic heterocycles. The summed E-state index contributed by atoms with van der Waals surface area (Å²) in [5.74, 6) is 0.306. The first-order valence-corrected chi connectivity index (χ1v) is 13.8. The largest absolute Gasteiger partial charge is 0.508 e. The van der Waals surface area contributed by atoms with E-state index >= 15 is 0 Å². The van der Waals surface area contributed by atoms with Gasteiger partial charge in [-0.2, -0.15) is 0 Å². The van der Waals surface area contributed by atoms with Gasteiger partial charge in [-0.3, -0.25) is 14.6 Å². The van der Waals surface area contributed by atoms with Crippen molar-refractivity contribution < 1.29 is 9.90 Å². The number of hydrogen-bond donors (Lipinski definition) is 2. The quantitative estimate of drug-likeness (QED) is 0.430. The highest BCUT2D eigenvalue weighted by molar-refractivity contribution is 5.94. The van der Waals surface area contributed by atoms with Gasteiger partial charge in [0, 0.05) is 43.3 Å². The van der Waals surface area contributed by atoms with Crippen LogP contribution in [-0.2, 0) is 0 Å². The van der Waals surface area contributed by atoms with E-state index in [4.69, 9.17) is 0 Å². The van der Waals surface area contributed by atoms with Crippen LogP contribution in [0.1, 0.15) is 86.3 Å². The van der Waals surface area contributed by atoms with E-state index in [-0.39, 0.29) is 17.7 Å². The topological polar surface area (TPSA) is 55.8 Å². The number of nitrogens with zero attached hydrogens (tertiary/aromatic N) is 2. The number of phenols is 1. The van der Waals surface area contributed by atoms with Crippen molar-refractivity contribution in [1.29, 1.82) is 0 Å².